The van der Waals surface area contributed by atoms with E-state index in [4.69, 9.17) is 18.9 Å². The van der Waals surface area contributed by atoms with Crippen molar-refractivity contribution in [1.29, 1.82) is 0 Å². The molecule has 0 aliphatic carbocycles. The fourth-order valence-electron chi connectivity index (χ4n) is 10.3. The highest BCUT2D eigenvalue weighted by Crippen LogP contribution is 2.46. The van der Waals surface area contributed by atoms with Crippen LogP contribution in [0.2, 0.25) is 0 Å². The van der Waals surface area contributed by atoms with Crippen LogP contribution in [0, 0.1) is 0 Å². The molecule has 2 fully saturated rings. The lowest BCUT2D eigenvalue weighted by atomic mass is 9.74. The van der Waals surface area contributed by atoms with E-state index in [0.717, 1.165) is 11.8 Å². The Morgan fingerprint density at radius 3 is 2.03 bits per heavy atom. The Kier molecular flexibility index (Phi) is 18.7. The predicted molar refractivity (Wildman–Crippen MR) is 316 cm³/mol. The number of anilines is 2. The molecule has 24 nitrogen and oxygen atoms in total. The molecule has 2 unspecified atom stereocenters. The molecule has 0 radical (unpaired) electrons. The lowest BCUT2D eigenvalue weighted by Gasteiger charge is -2.47. The van der Waals surface area contributed by atoms with Gasteiger partial charge in [-0.15, -0.1) is 16.9 Å². The number of nitrogens with zero attached hydrogens (tertiary/aromatic N) is 7. The molecule has 2 saturated heterocycles. The van der Waals surface area contributed by atoms with E-state index in [1.165, 1.54) is 34.5 Å². The second-order valence-corrected chi connectivity index (χ2v) is 23.2. The molecule has 3 aliphatic heterocycles. The molecule has 4 heterocycles. The SMILES string of the molecule is CC[N+]1(c2ccccc2NC(=O)OCC(C(=O)OC)(c2ccccc2)c2ccccc2NC(=O)OC(C)(C)C)CCN(C(=O)NCC(=O)N[C@H]2S[C@H]3CC(=O)N3C(C(=O)OC(c3ccccc3)c3ccccc3)=C2CSc2nnnn2C)C(=O)C1=O. The van der Waals surface area contributed by atoms with E-state index in [9.17, 15) is 43.2 Å². The molecule has 1 aromatic heterocycles. The van der Waals surface area contributed by atoms with Crippen LogP contribution in [-0.4, -0.2) is 146 Å². The third-order valence-electron chi connectivity index (χ3n) is 14.5. The molecule has 26 heteroatoms. The van der Waals surface area contributed by atoms with E-state index in [2.05, 4.69) is 36.8 Å². The quantitative estimate of drug-likeness (QED) is 0.0162. The number of rotatable bonds is 19. The number of methoxy groups -OCH3 is 1. The van der Waals surface area contributed by atoms with Crippen molar-refractivity contribution in [2.24, 2.45) is 7.05 Å². The van der Waals surface area contributed by atoms with Gasteiger partial charge in [0.1, 0.15) is 35.5 Å². The van der Waals surface area contributed by atoms with Gasteiger partial charge in [0.2, 0.25) is 17.0 Å². The Morgan fingerprint density at radius 1 is 0.802 bits per heavy atom. The number of urea groups is 1. The number of β-lactam (4-membered cyclic amide) rings is 1. The molecule has 0 saturated carbocycles. The smallest absolute Gasteiger partial charge is 0.412 e. The summed E-state index contributed by atoms with van der Waals surface area (Å²) in [7, 11) is 2.81. The van der Waals surface area contributed by atoms with Gasteiger partial charge in [-0.25, -0.2) is 38.0 Å². The van der Waals surface area contributed by atoms with Crippen LogP contribution in [-0.2, 0) is 60.2 Å². The first-order chi connectivity index (χ1) is 41.3. The van der Waals surface area contributed by atoms with E-state index in [-0.39, 0.29) is 66.0 Å². The fourth-order valence-corrected chi connectivity index (χ4v) is 12.7. The number of benzene rings is 5. The number of carbonyl (C=O) groups is 9. The number of hydrogen-bond acceptors (Lipinski definition) is 18. The first kappa shape index (κ1) is 61.2. The van der Waals surface area contributed by atoms with Crippen molar-refractivity contribution in [3.05, 3.63) is 173 Å². The van der Waals surface area contributed by atoms with Gasteiger partial charge in [0.25, 0.3) is 0 Å². The minimum Gasteiger partial charge on any atom is -0.468 e. The Hall–Kier alpha value is -9.40. The van der Waals surface area contributed by atoms with Crippen molar-refractivity contribution < 1.29 is 62.1 Å². The van der Waals surface area contributed by atoms with Gasteiger partial charge in [0, 0.05) is 35.7 Å². The number of quaternary nitrogens is 1. The zero-order valence-electron chi connectivity index (χ0n) is 47.7. The van der Waals surface area contributed by atoms with Crippen molar-refractivity contribution in [3.8, 4) is 0 Å². The fraction of sp³-hybridized carbons (Fsp3) is 0.300. The number of esters is 2. The molecule has 8 amide bonds. The maximum atomic E-state index is 14.6. The highest BCUT2D eigenvalue weighted by molar-refractivity contribution is 8.01. The number of tetrazole rings is 1. The lowest BCUT2D eigenvalue weighted by Crippen LogP contribution is -2.69. The van der Waals surface area contributed by atoms with Gasteiger partial charge >= 0.3 is 42.0 Å². The molecule has 9 rings (SSSR count). The summed E-state index contributed by atoms with van der Waals surface area (Å²) >= 11 is 2.37. The van der Waals surface area contributed by atoms with Gasteiger partial charge in [0.05, 0.1) is 38.5 Å². The van der Waals surface area contributed by atoms with Gasteiger partial charge in [-0.1, -0.05) is 133 Å². The van der Waals surface area contributed by atoms with Gasteiger partial charge in [-0.2, -0.15) is 0 Å². The number of aromatic nitrogens is 4. The number of piperazine rings is 1. The van der Waals surface area contributed by atoms with E-state index in [1.54, 1.807) is 108 Å². The summed E-state index contributed by atoms with van der Waals surface area (Å²) in [5.74, 6) is -4.90. The number of amides is 8. The zero-order chi connectivity index (χ0) is 61.3. The molecular formula is C60H62N11O13S2+. The Morgan fingerprint density at radius 2 is 1.42 bits per heavy atom. The monoisotopic (exact) mass is 1210 g/mol. The molecule has 5 aromatic carbocycles. The number of nitrogens with one attached hydrogen (secondary N) is 4. The van der Waals surface area contributed by atoms with Gasteiger partial charge in [0.15, 0.2) is 17.2 Å². The van der Waals surface area contributed by atoms with E-state index < -0.39 is 93.4 Å². The van der Waals surface area contributed by atoms with Gasteiger partial charge in [-0.3, -0.25) is 34.7 Å². The maximum Gasteiger partial charge on any atom is 0.412 e. The number of fused-ring (bicyclic) bond motifs is 1. The average molecular weight is 1210 g/mol. The summed E-state index contributed by atoms with van der Waals surface area (Å²) in [5.41, 5.74) is -0.120. The highest BCUT2D eigenvalue weighted by Gasteiger charge is 2.53. The van der Waals surface area contributed by atoms with Crippen LogP contribution in [0.25, 0.3) is 0 Å². The van der Waals surface area contributed by atoms with Crippen molar-refractivity contribution in [1.82, 2.24) is 45.1 Å². The number of ether oxygens (including phenoxy) is 4. The van der Waals surface area contributed by atoms with Crippen LogP contribution in [0.5, 0.6) is 0 Å². The summed E-state index contributed by atoms with van der Waals surface area (Å²) in [5, 5.41) is 21.3. The topological polar surface area (TPSA) is 289 Å². The molecular weight excluding hydrogens is 1150 g/mol. The van der Waals surface area contributed by atoms with E-state index >= 15 is 0 Å². The van der Waals surface area contributed by atoms with Crippen LogP contribution < -0.4 is 25.8 Å². The third kappa shape index (κ3) is 13.0. The van der Waals surface area contributed by atoms with Crippen molar-refractivity contribution in [2.75, 3.05) is 56.3 Å². The first-order valence-electron chi connectivity index (χ1n) is 27.2. The Bertz CT molecular complexity index is 3570. The highest BCUT2D eigenvalue weighted by atomic mass is 32.2. The Labute approximate surface area is 502 Å². The minimum atomic E-state index is -1.87. The van der Waals surface area contributed by atoms with Crippen molar-refractivity contribution >= 4 is 94.4 Å². The summed E-state index contributed by atoms with van der Waals surface area (Å²) in [6.45, 7) is 4.98. The average Bonchev–Trinajstić information content (AvgIpc) is 0.983. The normalized spacial score (nSPS) is 18.2. The number of carbonyl (C=O) groups excluding carboxylic acids is 9. The van der Waals surface area contributed by atoms with E-state index in [0.29, 0.717) is 32.3 Å². The number of para-hydroxylation sites is 3. The number of aryl methyl sites for hydroxylation is 1. The molecule has 0 bridgehead atoms. The number of hydrogen-bond donors (Lipinski definition) is 4. The van der Waals surface area contributed by atoms with E-state index in [1.807, 2.05) is 60.7 Å². The molecule has 6 aromatic rings. The third-order valence-corrected chi connectivity index (χ3v) is 16.9. The maximum absolute atomic E-state index is 14.6. The molecule has 0 spiro atoms. The van der Waals surface area contributed by atoms with Crippen LogP contribution in [0.15, 0.2) is 156 Å². The number of likely N-dealkylation sites (N-methyl/N-ethyl adjacent to an activating group) is 1. The molecule has 446 valence electrons. The number of imide groups is 1. The van der Waals surface area contributed by atoms with Crippen LogP contribution >= 0.6 is 23.5 Å². The van der Waals surface area contributed by atoms with Gasteiger partial charge < -0.3 is 29.6 Å². The van der Waals surface area contributed by atoms with Gasteiger partial charge in [-0.05, 0) is 66.9 Å². The van der Waals surface area contributed by atoms with Crippen molar-refractivity contribution in [2.45, 2.75) is 67.1 Å². The first-order valence-corrected chi connectivity index (χ1v) is 29.2. The summed E-state index contributed by atoms with van der Waals surface area (Å²) in [6, 6.07) is 38.3. The predicted octanol–water partition coefficient (Wildman–Crippen LogP) is 6.80. The summed E-state index contributed by atoms with van der Waals surface area (Å²) < 4.78 is 23.9. The Balaban J connectivity index is 0.898. The van der Waals surface area contributed by atoms with Crippen LogP contribution in [0.3, 0.4) is 0 Å². The minimum absolute atomic E-state index is 0.00382. The van der Waals surface area contributed by atoms with Crippen LogP contribution in [0.4, 0.5) is 31.4 Å². The number of thioether (sulfide) groups is 2. The second-order valence-electron chi connectivity index (χ2n) is 20.9. The largest absolute Gasteiger partial charge is 0.468 e. The molecule has 4 N–H and O–H groups in total. The van der Waals surface area contributed by atoms with Crippen molar-refractivity contribution in [3.63, 3.8) is 0 Å². The van der Waals surface area contributed by atoms with Crippen LogP contribution in [0.1, 0.15) is 62.5 Å². The molecule has 3 aliphatic rings. The molecule has 86 heavy (non-hydrogen) atoms. The standard InChI is InChI=1S/C60H61N11O13S2/c1-7-71(44-30-20-19-29-43(44)63-57(79)82-36-60(54(77)81-6,39-25-15-10-16-26-39)41-27-17-18-28-42(41)62-58(80)84-59(2,3)4)32-31-69(51(74)52(71)75)55(78)61-34-45(72)64-50-40(35-85-56-65-66-67-68(56)5)48(70-46(73)33-47(70)86-50)53(76)83-49(37-21-11-8-12-22-37)38-23-13-9-14-24-38/h8-30,47,49-50H,7,31-36H2,1-6H3,(H3-,61,62,63,64,72,78,79,80)/p+1/t47-,50-,60?,71?/m0/s1. The molecule has 4 atom stereocenters. The lowest BCUT2D eigenvalue weighted by molar-refractivity contribution is -0.152. The zero-order valence-corrected chi connectivity index (χ0v) is 49.3. The summed E-state index contributed by atoms with van der Waals surface area (Å²) in [4.78, 5) is 128. The summed E-state index contributed by atoms with van der Waals surface area (Å²) in [6.07, 6.45) is -2.67. The second kappa shape index (κ2) is 26.3.